The molecule has 1 aliphatic carbocycles. The van der Waals surface area contributed by atoms with Gasteiger partial charge in [0.15, 0.2) is 0 Å². The standard InChI is InChI=1S/C27H33N3O5S/c1-19-16-30(20(2)18-31)36(33,34)26-9-8-22(7-6-21-4-5-21)14-24(26)35-25(19)17-29(3)27(32)15-23-10-12-28-13-11-23/h8-14,19-21,25,31H,4-5,15-18H2,1-3H3/t19-,20+,25-/m1/s1. The van der Waals surface area contributed by atoms with Gasteiger partial charge in [0, 0.05) is 49.4 Å². The molecule has 9 heteroatoms. The van der Waals surface area contributed by atoms with Gasteiger partial charge in [0.25, 0.3) is 0 Å². The fourth-order valence-electron chi connectivity index (χ4n) is 4.12. The zero-order valence-corrected chi connectivity index (χ0v) is 21.7. The molecule has 2 aromatic rings. The zero-order valence-electron chi connectivity index (χ0n) is 20.9. The molecule has 0 radical (unpaired) electrons. The van der Waals surface area contributed by atoms with Crippen LogP contribution in [0, 0.1) is 23.7 Å². The average molecular weight is 512 g/mol. The number of sulfonamides is 1. The third-order valence-electron chi connectivity index (χ3n) is 6.65. The smallest absolute Gasteiger partial charge is 0.247 e. The number of rotatable bonds is 6. The van der Waals surface area contributed by atoms with Crippen LogP contribution in [-0.2, 0) is 21.2 Å². The average Bonchev–Trinajstić information content (AvgIpc) is 3.69. The van der Waals surface area contributed by atoms with Gasteiger partial charge in [-0.2, -0.15) is 4.31 Å². The number of carbonyl (C=O) groups excluding carboxylic acids is 1. The molecule has 4 rings (SSSR count). The van der Waals surface area contributed by atoms with Crippen LogP contribution in [0.5, 0.6) is 5.75 Å². The normalized spacial score (nSPS) is 22.1. The number of likely N-dealkylation sites (N-methyl/N-ethyl adjacent to an activating group) is 1. The summed E-state index contributed by atoms with van der Waals surface area (Å²) in [7, 11) is -2.19. The summed E-state index contributed by atoms with van der Waals surface area (Å²) in [5, 5.41) is 9.80. The van der Waals surface area contributed by atoms with Crippen molar-refractivity contribution in [2.75, 3.05) is 26.7 Å². The lowest BCUT2D eigenvalue weighted by molar-refractivity contribution is -0.130. The van der Waals surface area contributed by atoms with Gasteiger partial charge in [0.1, 0.15) is 16.7 Å². The summed E-state index contributed by atoms with van der Waals surface area (Å²) in [5.74, 6) is 6.63. The third kappa shape index (κ3) is 6.06. The molecule has 0 unspecified atom stereocenters. The monoisotopic (exact) mass is 511 g/mol. The number of ether oxygens (including phenoxy) is 1. The molecule has 8 nitrogen and oxygen atoms in total. The van der Waals surface area contributed by atoms with Gasteiger partial charge in [-0.05, 0) is 55.7 Å². The van der Waals surface area contributed by atoms with Gasteiger partial charge < -0.3 is 14.7 Å². The molecule has 1 aromatic heterocycles. The highest BCUT2D eigenvalue weighted by molar-refractivity contribution is 7.89. The van der Waals surface area contributed by atoms with E-state index in [1.807, 2.05) is 6.92 Å². The molecule has 1 N–H and O–H groups in total. The summed E-state index contributed by atoms with van der Waals surface area (Å²) in [6.07, 6.45) is 5.26. The number of hydrogen-bond donors (Lipinski definition) is 1. The van der Waals surface area contributed by atoms with Crippen LogP contribution in [-0.4, -0.2) is 72.5 Å². The Morgan fingerprint density at radius 3 is 2.67 bits per heavy atom. The van der Waals surface area contributed by atoms with Crippen molar-refractivity contribution in [3.05, 3.63) is 53.9 Å². The Morgan fingerprint density at radius 1 is 1.28 bits per heavy atom. The van der Waals surface area contributed by atoms with Crippen LogP contribution < -0.4 is 4.74 Å². The fourth-order valence-corrected chi connectivity index (χ4v) is 5.94. The van der Waals surface area contributed by atoms with Crippen molar-refractivity contribution in [3.8, 4) is 17.6 Å². The molecule has 0 bridgehead atoms. The third-order valence-corrected chi connectivity index (χ3v) is 8.67. The maximum Gasteiger partial charge on any atom is 0.247 e. The second-order valence-electron chi connectivity index (χ2n) is 9.75. The predicted octanol–water partition coefficient (Wildman–Crippen LogP) is 2.31. The Morgan fingerprint density at radius 2 is 2.00 bits per heavy atom. The van der Waals surface area contributed by atoms with E-state index < -0.39 is 22.2 Å². The molecule has 0 saturated heterocycles. The van der Waals surface area contributed by atoms with Gasteiger partial charge in [0.05, 0.1) is 19.6 Å². The second kappa shape index (κ2) is 11.0. The van der Waals surface area contributed by atoms with Crippen molar-refractivity contribution in [2.24, 2.45) is 11.8 Å². The van der Waals surface area contributed by atoms with E-state index in [9.17, 15) is 18.3 Å². The summed E-state index contributed by atoms with van der Waals surface area (Å²) in [6, 6.07) is 7.91. The largest absolute Gasteiger partial charge is 0.487 e. The lowest BCUT2D eigenvalue weighted by atomic mass is 10.0. The summed E-state index contributed by atoms with van der Waals surface area (Å²) >= 11 is 0. The Labute approximate surface area is 213 Å². The molecule has 1 fully saturated rings. The first kappa shape index (κ1) is 26.1. The van der Waals surface area contributed by atoms with Gasteiger partial charge in [-0.1, -0.05) is 18.8 Å². The molecule has 1 aliphatic heterocycles. The quantitative estimate of drug-likeness (QED) is 0.598. The molecule has 0 spiro atoms. The zero-order chi connectivity index (χ0) is 25.9. The van der Waals surface area contributed by atoms with Crippen molar-refractivity contribution in [1.82, 2.24) is 14.2 Å². The Kier molecular flexibility index (Phi) is 7.98. The lowest BCUT2D eigenvalue weighted by Gasteiger charge is -2.37. The van der Waals surface area contributed by atoms with Crippen LogP contribution in [0.4, 0.5) is 0 Å². The molecule has 192 valence electrons. The van der Waals surface area contributed by atoms with E-state index in [0.29, 0.717) is 11.5 Å². The Balaban J connectivity index is 1.64. The molecule has 3 atom stereocenters. The highest BCUT2D eigenvalue weighted by atomic mass is 32.2. The molecule has 2 aliphatic rings. The van der Waals surface area contributed by atoms with E-state index in [1.54, 1.807) is 55.5 Å². The SMILES string of the molecule is C[C@@H]1CN([C@@H](C)CO)S(=O)(=O)c2ccc(C#CC3CC3)cc2O[C@@H]1CN(C)C(=O)Cc1ccncc1. The van der Waals surface area contributed by atoms with Gasteiger partial charge >= 0.3 is 0 Å². The molecule has 1 saturated carbocycles. The lowest BCUT2D eigenvalue weighted by Crippen LogP contribution is -2.50. The van der Waals surface area contributed by atoms with Gasteiger partial charge in [0.2, 0.25) is 15.9 Å². The van der Waals surface area contributed by atoms with Gasteiger partial charge in [-0.3, -0.25) is 9.78 Å². The highest BCUT2D eigenvalue weighted by Gasteiger charge is 2.38. The van der Waals surface area contributed by atoms with E-state index in [-0.39, 0.29) is 48.6 Å². The fraction of sp³-hybridized carbons (Fsp3) is 0.481. The minimum atomic E-state index is -3.92. The summed E-state index contributed by atoms with van der Waals surface area (Å²) in [5.41, 5.74) is 1.55. The number of carbonyl (C=O) groups is 1. The first-order valence-electron chi connectivity index (χ1n) is 12.3. The highest BCUT2D eigenvalue weighted by Crippen LogP contribution is 2.34. The van der Waals surface area contributed by atoms with Crippen LogP contribution in [0.1, 0.15) is 37.8 Å². The Bertz CT molecular complexity index is 1250. The number of aliphatic hydroxyl groups excluding tert-OH is 1. The van der Waals surface area contributed by atoms with E-state index in [1.165, 1.54) is 10.4 Å². The number of nitrogens with zero attached hydrogens (tertiary/aromatic N) is 3. The Hall–Kier alpha value is -2.93. The topological polar surface area (TPSA) is 100 Å². The van der Waals surface area contributed by atoms with Crippen molar-refractivity contribution in [2.45, 2.75) is 50.2 Å². The molecular weight excluding hydrogens is 478 g/mol. The van der Waals surface area contributed by atoms with E-state index in [4.69, 9.17) is 4.74 Å². The molecule has 1 amide bonds. The number of fused-ring (bicyclic) bond motifs is 1. The first-order valence-corrected chi connectivity index (χ1v) is 13.7. The minimum absolute atomic E-state index is 0.0439. The maximum absolute atomic E-state index is 13.6. The molecule has 1 aromatic carbocycles. The first-order chi connectivity index (χ1) is 17.2. The number of aliphatic hydroxyl groups is 1. The number of pyridine rings is 1. The number of amides is 1. The van der Waals surface area contributed by atoms with E-state index in [0.717, 1.165) is 18.4 Å². The predicted molar refractivity (Wildman–Crippen MR) is 136 cm³/mol. The van der Waals surface area contributed by atoms with Crippen molar-refractivity contribution in [3.63, 3.8) is 0 Å². The van der Waals surface area contributed by atoms with Crippen molar-refractivity contribution in [1.29, 1.82) is 0 Å². The molecule has 36 heavy (non-hydrogen) atoms. The van der Waals surface area contributed by atoms with Crippen LogP contribution in [0.25, 0.3) is 0 Å². The van der Waals surface area contributed by atoms with E-state index in [2.05, 4.69) is 16.8 Å². The van der Waals surface area contributed by atoms with Crippen molar-refractivity contribution >= 4 is 15.9 Å². The summed E-state index contributed by atoms with van der Waals surface area (Å²) in [4.78, 5) is 18.6. The van der Waals surface area contributed by atoms with E-state index >= 15 is 0 Å². The van der Waals surface area contributed by atoms with Crippen LogP contribution in [0.2, 0.25) is 0 Å². The second-order valence-corrected chi connectivity index (χ2v) is 11.6. The minimum Gasteiger partial charge on any atom is -0.487 e. The van der Waals surface area contributed by atoms with Crippen LogP contribution in [0.15, 0.2) is 47.6 Å². The maximum atomic E-state index is 13.6. The van der Waals surface area contributed by atoms with Gasteiger partial charge in [-0.15, -0.1) is 0 Å². The summed E-state index contributed by atoms with van der Waals surface area (Å²) in [6.45, 7) is 3.72. The molecular formula is C27H33N3O5S. The van der Waals surface area contributed by atoms with Gasteiger partial charge in [-0.25, -0.2) is 8.42 Å². The van der Waals surface area contributed by atoms with Crippen LogP contribution >= 0.6 is 0 Å². The number of aromatic nitrogens is 1. The number of benzene rings is 1. The molecule has 2 heterocycles. The number of hydrogen-bond acceptors (Lipinski definition) is 6. The van der Waals surface area contributed by atoms with Crippen molar-refractivity contribution < 1.29 is 23.1 Å². The summed E-state index contributed by atoms with van der Waals surface area (Å²) < 4.78 is 34.8. The van der Waals surface area contributed by atoms with Crippen LogP contribution in [0.3, 0.4) is 0 Å².